The number of rotatable bonds is 5. The minimum atomic E-state index is -0.458. The van der Waals surface area contributed by atoms with Gasteiger partial charge in [0.1, 0.15) is 22.7 Å². The molecule has 0 amide bonds. The number of aromatic nitrogens is 2. The van der Waals surface area contributed by atoms with Crippen molar-refractivity contribution in [1.82, 2.24) is 9.97 Å². The van der Waals surface area contributed by atoms with Gasteiger partial charge >= 0.3 is 0 Å². The molecule has 0 aliphatic carbocycles. The SMILES string of the molecule is COc1ccc(-c2csc3ncnc(NC(C)(C)CO)c23)cc1. The highest BCUT2D eigenvalue weighted by Gasteiger charge is 2.20. The van der Waals surface area contributed by atoms with Crippen LogP contribution in [0, 0.1) is 0 Å². The first-order valence-electron chi connectivity index (χ1n) is 7.30. The maximum Gasteiger partial charge on any atom is 0.139 e. The number of hydrogen-bond donors (Lipinski definition) is 2. The lowest BCUT2D eigenvalue weighted by Gasteiger charge is -2.24. The highest BCUT2D eigenvalue weighted by atomic mass is 32.1. The predicted molar refractivity (Wildman–Crippen MR) is 94.2 cm³/mol. The molecule has 3 aromatic rings. The maximum absolute atomic E-state index is 9.50. The second-order valence-electron chi connectivity index (χ2n) is 5.95. The van der Waals surface area contributed by atoms with Crippen molar-refractivity contribution in [3.8, 4) is 16.9 Å². The lowest BCUT2D eigenvalue weighted by Crippen LogP contribution is -2.35. The van der Waals surface area contributed by atoms with Gasteiger partial charge in [0, 0.05) is 10.9 Å². The normalized spacial score (nSPS) is 11.7. The van der Waals surface area contributed by atoms with E-state index in [0.29, 0.717) is 0 Å². The fraction of sp³-hybridized carbons (Fsp3) is 0.294. The molecule has 3 rings (SSSR count). The summed E-state index contributed by atoms with van der Waals surface area (Å²) in [5.74, 6) is 1.56. The molecule has 0 fully saturated rings. The van der Waals surface area contributed by atoms with Gasteiger partial charge < -0.3 is 15.2 Å². The van der Waals surface area contributed by atoms with Crippen LogP contribution in [0.4, 0.5) is 5.82 Å². The van der Waals surface area contributed by atoms with Crippen LogP contribution in [-0.2, 0) is 0 Å². The van der Waals surface area contributed by atoms with Crippen molar-refractivity contribution in [2.75, 3.05) is 19.0 Å². The van der Waals surface area contributed by atoms with E-state index in [1.807, 2.05) is 38.1 Å². The molecule has 6 heteroatoms. The molecule has 0 aliphatic heterocycles. The Balaban J connectivity index is 2.10. The molecule has 2 N–H and O–H groups in total. The number of benzene rings is 1. The molecule has 0 radical (unpaired) electrons. The van der Waals surface area contributed by atoms with Crippen molar-refractivity contribution >= 4 is 27.4 Å². The van der Waals surface area contributed by atoms with Gasteiger partial charge in [-0.3, -0.25) is 0 Å². The summed E-state index contributed by atoms with van der Waals surface area (Å²) in [6.07, 6.45) is 1.55. The molecule has 0 unspecified atom stereocenters. The number of aliphatic hydroxyl groups is 1. The second kappa shape index (κ2) is 6.14. The van der Waals surface area contributed by atoms with Crippen LogP contribution in [0.3, 0.4) is 0 Å². The number of anilines is 1. The molecular formula is C17H19N3O2S. The first-order chi connectivity index (χ1) is 11.0. The van der Waals surface area contributed by atoms with Gasteiger partial charge in [0.2, 0.25) is 0 Å². The Morgan fingerprint density at radius 3 is 2.61 bits per heavy atom. The Morgan fingerprint density at radius 2 is 1.96 bits per heavy atom. The third kappa shape index (κ3) is 3.13. The Kier molecular flexibility index (Phi) is 4.19. The van der Waals surface area contributed by atoms with Gasteiger partial charge in [-0.15, -0.1) is 11.3 Å². The molecular weight excluding hydrogens is 310 g/mol. The number of nitrogens with zero attached hydrogens (tertiary/aromatic N) is 2. The molecule has 5 nitrogen and oxygen atoms in total. The van der Waals surface area contributed by atoms with Crippen LogP contribution in [0.25, 0.3) is 21.3 Å². The molecule has 0 aliphatic rings. The molecule has 23 heavy (non-hydrogen) atoms. The molecule has 120 valence electrons. The summed E-state index contributed by atoms with van der Waals surface area (Å²) >= 11 is 1.58. The summed E-state index contributed by atoms with van der Waals surface area (Å²) in [7, 11) is 1.65. The zero-order valence-electron chi connectivity index (χ0n) is 13.3. The predicted octanol–water partition coefficient (Wildman–Crippen LogP) is 3.55. The van der Waals surface area contributed by atoms with Gasteiger partial charge in [-0.1, -0.05) is 12.1 Å². The Hall–Kier alpha value is -2.18. The molecule has 2 heterocycles. The number of methoxy groups -OCH3 is 1. The first-order valence-corrected chi connectivity index (χ1v) is 8.18. The van der Waals surface area contributed by atoms with Gasteiger partial charge in [0.15, 0.2) is 0 Å². The lowest BCUT2D eigenvalue weighted by molar-refractivity contribution is 0.234. The number of hydrogen-bond acceptors (Lipinski definition) is 6. The minimum absolute atomic E-state index is 0.0144. The van der Waals surface area contributed by atoms with E-state index in [2.05, 4.69) is 20.7 Å². The monoisotopic (exact) mass is 329 g/mol. The summed E-state index contributed by atoms with van der Waals surface area (Å²) in [5, 5.41) is 15.9. The standard InChI is InChI=1S/C17H19N3O2S/c1-17(2,9-21)20-15-14-13(8-23-16(14)19-10-18-15)11-4-6-12(22-3)7-5-11/h4-8,10,21H,9H2,1-3H3,(H,18,19,20). The molecule has 0 saturated heterocycles. The van der Waals surface area contributed by atoms with Crippen LogP contribution in [0.5, 0.6) is 5.75 Å². The minimum Gasteiger partial charge on any atom is -0.497 e. The highest BCUT2D eigenvalue weighted by Crippen LogP contribution is 2.37. The maximum atomic E-state index is 9.50. The van der Waals surface area contributed by atoms with Crippen LogP contribution in [0.1, 0.15) is 13.8 Å². The summed E-state index contributed by atoms with van der Waals surface area (Å²) in [6.45, 7) is 3.88. The molecule has 0 spiro atoms. The van der Waals surface area contributed by atoms with Crippen molar-refractivity contribution in [2.45, 2.75) is 19.4 Å². The highest BCUT2D eigenvalue weighted by molar-refractivity contribution is 7.17. The smallest absolute Gasteiger partial charge is 0.139 e. The van der Waals surface area contributed by atoms with Gasteiger partial charge in [0.05, 0.1) is 24.6 Å². The van der Waals surface area contributed by atoms with Crippen LogP contribution >= 0.6 is 11.3 Å². The summed E-state index contributed by atoms with van der Waals surface area (Å²) in [5.41, 5.74) is 1.70. The van der Waals surface area contributed by atoms with Crippen molar-refractivity contribution in [2.24, 2.45) is 0 Å². The Labute approximate surface area is 139 Å². The quantitative estimate of drug-likeness (QED) is 0.749. The second-order valence-corrected chi connectivity index (χ2v) is 6.81. The van der Waals surface area contributed by atoms with E-state index in [1.165, 1.54) is 0 Å². The third-order valence-electron chi connectivity index (χ3n) is 3.62. The van der Waals surface area contributed by atoms with E-state index in [0.717, 1.165) is 32.9 Å². The fourth-order valence-electron chi connectivity index (χ4n) is 2.31. The van der Waals surface area contributed by atoms with Crippen molar-refractivity contribution in [3.05, 3.63) is 36.0 Å². The fourth-order valence-corrected chi connectivity index (χ4v) is 3.23. The molecule has 0 bridgehead atoms. The van der Waals surface area contributed by atoms with E-state index in [-0.39, 0.29) is 6.61 Å². The van der Waals surface area contributed by atoms with Gasteiger partial charge in [-0.2, -0.15) is 0 Å². The molecule has 0 atom stereocenters. The zero-order valence-corrected chi connectivity index (χ0v) is 14.1. The Bertz CT molecular complexity index is 812. The number of thiophene rings is 1. The number of nitrogens with one attached hydrogen (secondary N) is 1. The van der Waals surface area contributed by atoms with E-state index in [1.54, 1.807) is 24.8 Å². The number of ether oxygens (including phenoxy) is 1. The van der Waals surface area contributed by atoms with Crippen LogP contribution in [0.2, 0.25) is 0 Å². The average Bonchev–Trinajstić information content (AvgIpc) is 3.00. The van der Waals surface area contributed by atoms with Crippen LogP contribution in [-0.4, -0.2) is 34.3 Å². The van der Waals surface area contributed by atoms with Crippen molar-refractivity contribution < 1.29 is 9.84 Å². The van der Waals surface area contributed by atoms with E-state index in [4.69, 9.17) is 4.74 Å². The number of aliphatic hydroxyl groups excluding tert-OH is 1. The summed E-state index contributed by atoms with van der Waals surface area (Å²) in [6, 6.07) is 7.92. The molecule has 2 aromatic heterocycles. The zero-order chi connectivity index (χ0) is 16.4. The first kappa shape index (κ1) is 15.7. The average molecular weight is 329 g/mol. The van der Waals surface area contributed by atoms with E-state index in [9.17, 15) is 5.11 Å². The summed E-state index contributed by atoms with van der Waals surface area (Å²) in [4.78, 5) is 9.66. The third-order valence-corrected chi connectivity index (χ3v) is 4.51. The van der Waals surface area contributed by atoms with Crippen LogP contribution < -0.4 is 10.1 Å². The topological polar surface area (TPSA) is 67.3 Å². The number of fused-ring (bicyclic) bond motifs is 1. The van der Waals surface area contributed by atoms with Crippen molar-refractivity contribution in [3.63, 3.8) is 0 Å². The Morgan fingerprint density at radius 1 is 1.22 bits per heavy atom. The van der Waals surface area contributed by atoms with E-state index < -0.39 is 5.54 Å². The van der Waals surface area contributed by atoms with Gasteiger partial charge in [0.25, 0.3) is 0 Å². The molecule has 1 aromatic carbocycles. The lowest BCUT2D eigenvalue weighted by atomic mass is 10.0. The largest absolute Gasteiger partial charge is 0.497 e. The van der Waals surface area contributed by atoms with Crippen molar-refractivity contribution in [1.29, 1.82) is 0 Å². The van der Waals surface area contributed by atoms with E-state index >= 15 is 0 Å². The summed E-state index contributed by atoms with van der Waals surface area (Å²) < 4.78 is 5.22. The molecule has 0 saturated carbocycles. The van der Waals surface area contributed by atoms with Gasteiger partial charge in [-0.25, -0.2) is 9.97 Å². The van der Waals surface area contributed by atoms with Gasteiger partial charge in [-0.05, 0) is 31.5 Å². The van der Waals surface area contributed by atoms with Crippen LogP contribution in [0.15, 0.2) is 36.0 Å².